The normalized spacial score (nSPS) is 12.2. The van der Waals surface area contributed by atoms with Gasteiger partial charge in [-0.15, -0.1) is 0 Å². The Morgan fingerprint density at radius 1 is 1.25 bits per heavy atom. The average molecular weight is 293 g/mol. The third-order valence-electron chi connectivity index (χ3n) is 3.20. The third-order valence-corrected chi connectivity index (χ3v) is 3.43. The molecule has 0 amide bonds. The largest absolute Gasteiger partial charge is 0.368 e. The number of nitrogens with zero attached hydrogens (tertiary/aromatic N) is 1. The minimum absolute atomic E-state index is 0.220. The highest BCUT2D eigenvalue weighted by atomic mass is 35.5. The fourth-order valence-electron chi connectivity index (χ4n) is 2.29. The van der Waals surface area contributed by atoms with Crippen molar-refractivity contribution < 1.29 is 4.39 Å². The summed E-state index contributed by atoms with van der Waals surface area (Å²) in [7, 11) is 1.85. The minimum Gasteiger partial charge on any atom is -0.368 e. The first-order valence-electron chi connectivity index (χ1n) is 6.48. The molecule has 2 N–H and O–H groups in total. The smallest absolute Gasteiger partial charge is 0.146 e. The summed E-state index contributed by atoms with van der Waals surface area (Å²) in [5.41, 5.74) is 8.30. The lowest BCUT2D eigenvalue weighted by Crippen LogP contribution is -2.21. The fourth-order valence-corrected chi connectivity index (χ4v) is 2.50. The van der Waals surface area contributed by atoms with Crippen molar-refractivity contribution in [1.29, 1.82) is 0 Å². The summed E-state index contributed by atoms with van der Waals surface area (Å²) in [6.45, 7) is 2.42. The van der Waals surface area contributed by atoms with Gasteiger partial charge in [-0.3, -0.25) is 0 Å². The number of para-hydroxylation sites is 1. The van der Waals surface area contributed by atoms with Crippen molar-refractivity contribution in [2.24, 2.45) is 5.73 Å². The van der Waals surface area contributed by atoms with Crippen LogP contribution in [0.4, 0.5) is 10.1 Å². The van der Waals surface area contributed by atoms with Gasteiger partial charge in [-0.05, 0) is 36.2 Å². The second-order valence-electron chi connectivity index (χ2n) is 4.95. The van der Waals surface area contributed by atoms with E-state index in [9.17, 15) is 4.39 Å². The molecule has 0 unspecified atom stereocenters. The second kappa shape index (κ2) is 6.25. The summed E-state index contributed by atoms with van der Waals surface area (Å²) in [5.74, 6) is -0.260. The van der Waals surface area contributed by atoms with Gasteiger partial charge in [-0.25, -0.2) is 4.39 Å². The Morgan fingerprint density at radius 3 is 2.60 bits per heavy atom. The van der Waals surface area contributed by atoms with Crippen LogP contribution in [0.3, 0.4) is 0 Å². The van der Waals surface area contributed by atoms with Gasteiger partial charge >= 0.3 is 0 Å². The zero-order chi connectivity index (χ0) is 14.7. The first kappa shape index (κ1) is 14.8. The van der Waals surface area contributed by atoms with Crippen LogP contribution < -0.4 is 10.6 Å². The first-order valence-corrected chi connectivity index (χ1v) is 6.86. The Hall–Kier alpha value is -1.58. The van der Waals surface area contributed by atoms with E-state index in [1.807, 2.05) is 49.2 Å². The summed E-state index contributed by atoms with van der Waals surface area (Å²) >= 11 is 5.97. The maximum absolute atomic E-state index is 14.1. The van der Waals surface area contributed by atoms with Gasteiger partial charge in [0, 0.05) is 24.7 Å². The number of hydrogen-bond acceptors (Lipinski definition) is 2. The number of rotatable bonds is 4. The van der Waals surface area contributed by atoms with Crippen LogP contribution in [-0.2, 0) is 6.54 Å². The van der Waals surface area contributed by atoms with Gasteiger partial charge in [0.2, 0.25) is 0 Å². The van der Waals surface area contributed by atoms with Crippen molar-refractivity contribution in [3.63, 3.8) is 0 Å². The highest BCUT2D eigenvalue weighted by Crippen LogP contribution is 2.28. The standard InChI is InChI=1S/C16H18ClFN2/c1-11(19)14-7-4-8-15(18)16(14)20(2)10-12-5-3-6-13(17)9-12/h3-9,11H,10,19H2,1-2H3/t11-/m1/s1. The molecule has 2 rings (SSSR count). The zero-order valence-electron chi connectivity index (χ0n) is 11.6. The topological polar surface area (TPSA) is 29.3 Å². The van der Waals surface area contributed by atoms with Crippen LogP contribution in [0.1, 0.15) is 24.1 Å². The molecule has 4 heteroatoms. The van der Waals surface area contributed by atoms with Gasteiger partial charge in [-0.1, -0.05) is 35.9 Å². The molecular formula is C16H18ClFN2. The van der Waals surface area contributed by atoms with Gasteiger partial charge < -0.3 is 10.6 Å². The van der Waals surface area contributed by atoms with Crippen LogP contribution in [0, 0.1) is 5.82 Å². The van der Waals surface area contributed by atoms with E-state index in [-0.39, 0.29) is 11.9 Å². The summed E-state index contributed by atoms with van der Waals surface area (Å²) < 4.78 is 14.1. The monoisotopic (exact) mass is 292 g/mol. The lowest BCUT2D eigenvalue weighted by Gasteiger charge is -2.24. The molecule has 0 fully saturated rings. The van der Waals surface area contributed by atoms with Gasteiger partial charge in [0.15, 0.2) is 0 Å². The zero-order valence-corrected chi connectivity index (χ0v) is 12.4. The molecule has 2 aromatic rings. The van der Waals surface area contributed by atoms with E-state index in [2.05, 4.69) is 0 Å². The molecule has 0 saturated carbocycles. The van der Waals surface area contributed by atoms with E-state index < -0.39 is 0 Å². The molecule has 20 heavy (non-hydrogen) atoms. The Bertz CT molecular complexity index is 599. The number of hydrogen-bond donors (Lipinski definition) is 1. The molecule has 1 atom stereocenters. The molecule has 0 heterocycles. The molecular weight excluding hydrogens is 275 g/mol. The van der Waals surface area contributed by atoms with Crippen LogP contribution in [0.25, 0.3) is 0 Å². The lowest BCUT2D eigenvalue weighted by atomic mass is 10.0. The molecule has 0 bridgehead atoms. The van der Waals surface area contributed by atoms with Crippen LogP contribution >= 0.6 is 11.6 Å². The van der Waals surface area contributed by atoms with E-state index in [1.54, 1.807) is 6.07 Å². The molecule has 0 saturated heterocycles. The number of benzene rings is 2. The first-order chi connectivity index (χ1) is 9.49. The number of nitrogens with two attached hydrogens (primary N) is 1. The van der Waals surface area contributed by atoms with Gasteiger partial charge in [0.05, 0.1) is 5.69 Å². The summed E-state index contributed by atoms with van der Waals surface area (Å²) in [6.07, 6.45) is 0. The Balaban J connectivity index is 2.31. The lowest BCUT2D eigenvalue weighted by molar-refractivity contribution is 0.616. The molecule has 0 aromatic heterocycles. The van der Waals surface area contributed by atoms with E-state index >= 15 is 0 Å². The molecule has 0 aliphatic heterocycles. The molecule has 0 aliphatic carbocycles. The van der Waals surface area contributed by atoms with Gasteiger partial charge in [0.1, 0.15) is 5.82 Å². The molecule has 2 nitrogen and oxygen atoms in total. The van der Waals surface area contributed by atoms with Crippen molar-refractivity contribution in [2.75, 3.05) is 11.9 Å². The Labute approximate surface area is 124 Å². The molecule has 106 valence electrons. The minimum atomic E-state index is -0.260. The predicted molar refractivity (Wildman–Crippen MR) is 82.6 cm³/mol. The van der Waals surface area contributed by atoms with Crippen molar-refractivity contribution in [1.82, 2.24) is 0 Å². The summed E-state index contributed by atoms with van der Waals surface area (Å²) in [5, 5.41) is 0.678. The van der Waals surface area contributed by atoms with E-state index in [0.29, 0.717) is 17.3 Å². The Morgan fingerprint density at radius 2 is 1.95 bits per heavy atom. The summed E-state index contributed by atoms with van der Waals surface area (Å²) in [6, 6.07) is 12.3. The molecule has 0 aliphatic rings. The van der Waals surface area contributed by atoms with Crippen LogP contribution in [-0.4, -0.2) is 7.05 Å². The van der Waals surface area contributed by atoms with E-state index in [0.717, 1.165) is 11.1 Å². The maximum atomic E-state index is 14.1. The van der Waals surface area contributed by atoms with Crippen molar-refractivity contribution >= 4 is 17.3 Å². The highest BCUT2D eigenvalue weighted by molar-refractivity contribution is 6.30. The second-order valence-corrected chi connectivity index (χ2v) is 5.39. The fraction of sp³-hybridized carbons (Fsp3) is 0.250. The average Bonchev–Trinajstić information content (AvgIpc) is 2.38. The van der Waals surface area contributed by atoms with Crippen molar-refractivity contribution in [3.05, 3.63) is 64.4 Å². The van der Waals surface area contributed by atoms with Crippen LogP contribution in [0.5, 0.6) is 0 Å². The third kappa shape index (κ3) is 3.30. The predicted octanol–water partition coefficient (Wildman–Crippen LogP) is 4.14. The van der Waals surface area contributed by atoms with Crippen molar-refractivity contribution in [2.45, 2.75) is 19.5 Å². The molecule has 0 radical (unpaired) electrons. The SMILES string of the molecule is C[C@@H](N)c1cccc(F)c1N(C)Cc1cccc(Cl)c1. The number of anilines is 1. The van der Waals surface area contributed by atoms with Crippen LogP contribution in [0.2, 0.25) is 5.02 Å². The maximum Gasteiger partial charge on any atom is 0.146 e. The van der Waals surface area contributed by atoms with Gasteiger partial charge in [0.25, 0.3) is 0 Å². The van der Waals surface area contributed by atoms with Crippen LogP contribution in [0.15, 0.2) is 42.5 Å². The highest BCUT2D eigenvalue weighted by Gasteiger charge is 2.15. The van der Waals surface area contributed by atoms with E-state index in [4.69, 9.17) is 17.3 Å². The van der Waals surface area contributed by atoms with Gasteiger partial charge in [-0.2, -0.15) is 0 Å². The molecule has 0 spiro atoms. The Kier molecular flexibility index (Phi) is 4.63. The quantitative estimate of drug-likeness (QED) is 0.918. The number of halogens is 2. The molecule has 2 aromatic carbocycles. The summed E-state index contributed by atoms with van der Waals surface area (Å²) in [4.78, 5) is 1.86. The van der Waals surface area contributed by atoms with Crippen molar-refractivity contribution in [3.8, 4) is 0 Å². The van der Waals surface area contributed by atoms with E-state index in [1.165, 1.54) is 6.07 Å².